The van der Waals surface area contributed by atoms with Crippen molar-refractivity contribution in [3.63, 3.8) is 0 Å². The lowest BCUT2D eigenvalue weighted by Crippen LogP contribution is -2.42. The third kappa shape index (κ3) is 10.7. The Labute approximate surface area is 334 Å². The van der Waals surface area contributed by atoms with Gasteiger partial charge in [-0.3, -0.25) is 4.79 Å². The Balaban J connectivity index is 1.95. The smallest absolute Gasteiger partial charge is 0.293 e. The molecule has 0 aromatic heterocycles. The van der Waals surface area contributed by atoms with Crippen LogP contribution in [0.15, 0.2) is 102 Å². The number of hydrogen-bond donors (Lipinski definition) is 0. The van der Waals surface area contributed by atoms with Gasteiger partial charge in [-0.2, -0.15) is 8.78 Å². The summed E-state index contributed by atoms with van der Waals surface area (Å²) >= 11 is 3.87. The van der Waals surface area contributed by atoms with E-state index >= 15 is 13.6 Å². The van der Waals surface area contributed by atoms with E-state index < -0.39 is 35.4 Å². The molecular weight excluding hydrogens is 785 g/mol. The Bertz CT molecular complexity index is 1950. The standard InChI is InChI=1S/C45H56BrF2O6P/c1-40(2,3)36-27-28-37(46)38(41(4,5)6)35(36)30-44(33-21-17-14-18-22-33,39(49)32-19-15-13-16-20-32)29-31-23-25-34(26-24-31)45(47,48)55(50,53-51-42(7,8)9)54-52-43(10,11)12/h13-28H,29-30H2,1-12H3. The molecule has 4 aromatic rings. The molecule has 1 unspecified atom stereocenters. The molecule has 0 heterocycles. The fourth-order valence-corrected chi connectivity index (χ4v) is 8.84. The van der Waals surface area contributed by atoms with Crippen LogP contribution in [0.2, 0.25) is 0 Å². The highest BCUT2D eigenvalue weighted by molar-refractivity contribution is 9.10. The van der Waals surface area contributed by atoms with Crippen molar-refractivity contribution in [2.75, 3.05) is 0 Å². The van der Waals surface area contributed by atoms with E-state index in [1.807, 2.05) is 60.7 Å². The molecule has 1 atom stereocenters. The van der Waals surface area contributed by atoms with Gasteiger partial charge in [0.05, 0.1) is 16.6 Å². The maximum Gasteiger partial charge on any atom is 0.457 e. The SMILES string of the molecule is CC(C)(C)OOP(=O)(OOC(C)(C)C)C(F)(F)c1ccc(CC(Cc2c(C(C)(C)C)ccc(Br)c2C(C)(C)C)(C(=O)c2ccccc2)c2ccccc2)cc1. The van der Waals surface area contributed by atoms with E-state index in [-0.39, 0.29) is 23.0 Å². The van der Waals surface area contributed by atoms with Gasteiger partial charge in [0.2, 0.25) is 0 Å². The van der Waals surface area contributed by atoms with Crippen LogP contribution >= 0.6 is 23.5 Å². The monoisotopic (exact) mass is 840 g/mol. The van der Waals surface area contributed by atoms with Crippen LogP contribution in [0.5, 0.6) is 0 Å². The number of halogens is 3. The Morgan fingerprint density at radius 2 is 1.11 bits per heavy atom. The van der Waals surface area contributed by atoms with Gasteiger partial charge in [-0.25, -0.2) is 14.3 Å². The summed E-state index contributed by atoms with van der Waals surface area (Å²) in [7, 11) is -5.43. The number of alkyl halides is 2. The minimum Gasteiger partial charge on any atom is -0.293 e. The van der Waals surface area contributed by atoms with Crippen molar-refractivity contribution in [1.82, 2.24) is 0 Å². The van der Waals surface area contributed by atoms with Crippen LogP contribution in [0.25, 0.3) is 0 Å². The predicted molar refractivity (Wildman–Crippen MR) is 220 cm³/mol. The first-order valence-corrected chi connectivity index (χ1v) is 20.8. The molecule has 0 saturated carbocycles. The van der Waals surface area contributed by atoms with Crippen LogP contribution < -0.4 is 0 Å². The van der Waals surface area contributed by atoms with E-state index in [1.165, 1.54) is 24.3 Å². The molecule has 0 N–H and O–H groups in total. The number of carbonyl (C=O) groups excluding carboxylic acids is 1. The van der Waals surface area contributed by atoms with Gasteiger partial charge in [0.25, 0.3) is 0 Å². The third-order valence-electron chi connectivity index (χ3n) is 9.02. The summed E-state index contributed by atoms with van der Waals surface area (Å²) in [6.45, 7) is 22.4. The summed E-state index contributed by atoms with van der Waals surface area (Å²) in [4.78, 5) is 25.6. The van der Waals surface area contributed by atoms with Crippen molar-refractivity contribution in [2.45, 2.75) is 129 Å². The van der Waals surface area contributed by atoms with E-state index in [9.17, 15) is 4.57 Å². The topological polar surface area (TPSA) is 71.1 Å². The van der Waals surface area contributed by atoms with E-state index in [1.54, 1.807) is 41.5 Å². The molecule has 10 heteroatoms. The first-order valence-electron chi connectivity index (χ1n) is 18.5. The van der Waals surface area contributed by atoms with E-state index in [2.05, 4.69) is 69.6 Å². The number of benzene rings is 4. The molecule has 4 aromatic carbocycles. The van der Waals surface area contributed by atoms with Crippen molar-refractivity contribution >= 4 is 29.3 Å². The highest BCUT2D eigenvalue weighted by atomic mass is 79.9. The summed E-state index contributed by atoms with van der Waals surface area (Å²) in [5.74, 6) is -0.0987. The van der Waals surface area contributed by atoms with E-state index in [4.69, 9.17) is 19.1 Å². The lowest BCUT2D eigenvalue weighted by atomic mass is 9.63. The number of hydrogen-bond acceptors (Lipinski definition) is 6. The van der Waals surface area contributed by atoms with Crippen molar-refractivity contribution in [1.29, 1.82) is 0 Å². The molecule has 0 saturated heterocycles. The zero-order valence-electron chi connectivity index (χ0n) is 34.2. The normalized spacial score (nSPS) is 14.5. The lowest BCUT2D eigenvalue weighted by molar-refractivity contribution is -0.334. The second-order valence-corrected chi connectivity index (χ2v) is 20.9. The maximum atomic E-state index is 16.3. The van der Waals surface area contributed by atoms with E-state index in [0.717, 1.165) is 26.7 Å². The summed E-state index contributed by atoms with van der Waals surface area (Å²) in [6.07, 6.45) is 0.494. The number of ketones is 1. The summed E-state index contributed by atoms with van der Waals surface area (Å²) < 4.78 is 57.3. The zero-order valence-corrected chi connectivity index (χ0v) is 36.7. The van der Waals surface area contributed by atoms with Crippen molar-refractivity contribution in [3.8, 4) is 0 Å². The Morgan fingerprint density at radius 1 is 0.618 bits per heavy atom. The van der Waals surface area contributed by atoms with Gasteiger partial charge in [-0.05, 0) is 99.1 Å². The Morgan fingerprint density at radius 3 is 1.56 bits per heavy atom. The first-order chi connectivity index (χ1) is 25.2. The van der Waals surface area contributed by atoms with Crippen molar-refractivity contribution in [3.05, 3.63) is 140 Å². The molecule has 0 aliphatic carbocycles. The molecule has 298 valence electrons. The maximum absolute atomic E-state index is 16.3. The zero-order chi connectivity index (χ0) is 41.3. The molecule has 0 radical (unpaired) electrons. The number of Topliss-reactive ketones (excluding diaryl/α,β-unsaturated/α-hetero) is 1. The molecule has 55 heavy (non-hydrogen) atoms. The molecule has 0 aliphatic heterocycles. The van der Waals surface area contributed by atoms with Crippen molar-refractivity contribution in [2.24, 2.45) is 0 Å². The third-order valence-corrected chi connectivity index (χ3v) is 11.2. The van der Waals surface area contributed by atoms with Gasteiger partial charge in [0.15, 0.2) is 5.78 Å². The first kappa shape index (κ1) is 44.7. The van der Waals surface area contributed by atoms with Gasteiger partial charge in [0.1, 0.15) is 0 Å². The lowest BCUT2D eigenvalue weighted by Gasteiger charge is -2.38. The molecule has 0 amide bonds. The summed E-state index contributed by atoms with van der Waals surface area (Å²) in [5, 5.41) is 0. The molecule has 0 fully saturated rings. The average Bonchev–Trinajstić information content (AvgIpc) is 3.08. The Kier molecular flexibility index (Phi) is 13.4. The van der Waals surface area contributed by atoms with Crippen molar-refractivity contribution < 1.29 is 37.3 Å². The largest absolute Gasteiger partial charge is 0.457 e. The molecule has 0 aliphatic rings. The summed E-state index contributed by atoms with van der Waals surface area (Å²) in [6, 6.07) is 28.5. The van der Waals surface area contributed by atoms with Gasteiger partial charge in [0, 0.05) is 15.6 Å². The van der Waals surface area contributed by atoms with Crippen LogP contribution in [0.1, 0.15) is 127 Å². The number of rotatable bonds is 13. The predicted octanol–water partition coefficient (Wildman–Crippen LogP) is 13.4. The number of carbonyl (C=O) groups is 1. The molecule has 4 rings (SSSR count). The van der Waals surface area contributed by atoms with Crippen LogP contribution in [0.4, 0.5) is 8.78 Å². The summed E-state index contributed by atoms with van der Waals surface area (Å²) in [5.41, 5.74) is -3.52. The Hall–Kier alpha value is -3.04. The minimum atomic E-state index is -5.43. The highest BCUT2D eigenvalue weighted by Crippen LogP contribution is 2.68. The van der Waals surface area contributed by atoms with Gasteiger partial charge in [-0.1, -0.05) is 148 Å². The van der Waals surface area contributed by atoms with Crippen LogP contribution in [0, 0.1) is 0 Å². The molecular formula is C45H56BrF2O6P. The molecule has 6 nitrogen and oxygen atoms in total. The van der Waals surface area contributed by atoms with Crippen LogP contribution in [-0.2, 0) is 58.4 Å². The second-order valence-electron chi connectivity index (χ2n) is 18.2. The quantitative estimate of drug-likeness (QED) is 0.0578. The second kappa shape index (κ2) is 16.4. The average molecular weight is 842 g/mol. The van der Waals surface area contributed by atoms with E-state index in [0.29, 0.717) is 17.5 Å². The highest BCUT2D eigenvalue weighted by Gasteiger charge is 2.58. The fraction of sp³-hybridized carbons (Fsp3) is 0.444. The molecule has 0 bridgehead atoms. The van der Waals surface area contributed by atoms with Gasteiger partial charge >= 0.3 is 13.3 Å². The van der Waals surface area contributed by atoms with Crippen LogP contribution in [-0.4, -0.2) is 17.0 Å². The van der Waals surface area contributed by atoms with Crippen LogP contribution in [0.3, 0.4) is 0 Å². The fourth-order valence-electron chi connectivity index (χ4n) is 6.56. The van der Waals surface area contributed by atoms with Gasteiger partial charge < -0.3 is 0 Å². The molecule has 0 spiro atoms. The van der Waals surface area contributed by atoms with Gasteiger partial charge in [-0.15, -0.1) is 9.35 Å². The minimum absolute atomic E-state index is 0.0987.